The van der Waals surface area contributed by atoms with Crippen LogP contribution in [0.15, 0.2) is 23.1 Å². The molecule has 1 N–H and O–H groups in total. The van der Waals surface area contributed by atoms with Crippen LogP contribution in [-0.4, -0.2) is 16.8 Å². The van der Waals surface area contributed by atoms with Gasteiger partial charge in [-0.3, -0.25) is 4.79 Å². The first-order valence-corrected chi connectivity index (χ1v) is 5.04. The quantitative estimate of drug-likeness (QED) is 0.806. The molecule has 0 spiro atoms. The molecule has 0 fully saturated rings. The molecule has 0 bridgehead atoms. The van der Waals surface area contributed by atoms with Crippen molar-refractivity contribution in [2.24, 2.45) is 0 Å². The van der Waals surface area contributed by atoms with Crippen molar-refractivity contribution in [2.45, 2.75) is 4.90 Å². The first-order chi connectivity index (χ1) is 6.65. The Labute approximate surface area is 90.3 Å². The molecule has 0 saturated heterocycles. The molecule has 0 aliphatic rings. The fourth-order valence-electron chi connectivity index (χ4n) is 0.877. The number of thioether (sulfide) groups is 1. The minimum Gasteiger partial charge on any atom is -0.481 e. The lowest BCUT2D eigenvalue weighted by molar-refractivity contribution is -0.133. The summed E-state index contributed by atoms with van der Waals surface area (Å²) in [7, 11) is 0. The Kier molecular flexibility index (Phi) is 3.81. The van der Waals surface area contributed by atoms with Crippen LogP contribution in [0.2, 0.25) is 5.02 Å². The topological polar surface area (TPSA) is 61.1 Å². The summed E-state index contributed by atoms with van der Waals surface area (Å²) in [6, 6.07) is 6.86. The van der Waals surface area contributed by atoms with Gasteiger partial charge in [-0.25, -0.2) is 0 Å². The maximum Gasteiger partial charge on any atom is 0.313 e. The third-order valence-electron chi connectivity index (χ3n) is 1.43. The lowest BCUT2D eigenvalue weighted by Gasteiger charge is -2.03. The minimum absolute atomic E-state index is 0.0988. The number of nitriles is 1. The van der Waals surface area contributed by atoms with Crippen LogP contribution in [-0.2, 0) is 4.79 Å². The molecule has 1 aromatic rings. The molecule has 0 radical (unpaired) electrons. The summed E-state index contributed by atoms with van der Waals surface area (Å²) in [5.41, 5.74) is 0.406. The maximum absolute atomic E-state index is 10.3. The first kappa shape index (κ1) is 10.9. The number of hydrogen-bond acceptors (Lipinski definition) is 3. The molecular formula is C9H6ClNO2S. The van der Waals surface area contributed by atoms with Crippen LogP contribution in [0, 0.1) is 11.3 Å². The average Bonchev–Trinajstić information content (AvgIpc) is 2.15. The van der Waals surface area contributed by atoms with E-state index >= 15 is 0 Å². The maximum atomic E-state index is 10.3. The van der Waals surface area contributed by atoms with E-state index in [-0.39, 0.29) is 5.75 Å². The largest absolute Gasteiger partial charge is 0.481 e. The highest BCUT2D eigenvalue weighted by atomic mass is 35.5. The highest BCUT2D eigenvalue weighted by Crippen LogP contribution is 2.29. The Hall–Kier alpha value is -1.18. The Morgan fingerprint density at radius 2 is 2.36 bits per heavy atom. The number of rotatable bonds is 3. The smallest absolute Gasteiger partial charge is 0.313 e. The molecule has 14 heavy (non-hydrogen) atoms. The van der Waals surface area contributed by atoms with E-state index in [9.17, 15) is 4.79 Å². The molecule has 0 amide bonds. The summed E-state index contributed by atoms with van der Waals surface area (Å²) in [6.07, 6.45) is 0. The van der Waals surface area contributed by atoms with Crippen molar-refractivity contribution in [3.8, 4) is 6.07 Å². The fourth-order valence-corrected chi connectivity index (χ4v) is 1.96. The summed E-state index contributed by atoms with van der Waals surface area (Å²) in [5.74, 6) is -1.03. The molecule has 0 saturated carbocycles. The number of benzene rings is 1. The van der Waals surface area contributed by atoms with Gasteiger partial charge in [-0.1, -0.05) is 17.7 Å². The number of carboxylic acid groups (broad SMARTS) is 1. The summed E-state index contributed by atoms with van der Waals surface area (Å²) in [6.45, 7) is 0. The zero-order valence-corrected chi connectivity index (χ0v) is 8.60. The van der Waals surface area contributed by atoms with Crippen LogP contribution in [0.3, 0.4) is 0 Å². The van der Waals surface area contributed by atoms with E-state index in [2.05, 4.69) is 0 Å². The summed E-state index contributed by atoms with van der Waals surface area (Å²) < 4.78 is 0. The molecule has 0 aliphatic heterocycles. The zero-order valence-electron chi connectivity index (χ0n) is 7.03. The Morgan fingerprint density at radius 3 is 2.93 bits per heavy atom. The van der Waals surface area contributed by atoms with E-state index < -0.39 is 5.97 Å². The van der Waals surface area contributed by atoms with Crippen LogP contribution < -0.4 is 0 Å². The van der Waals surface area contributed by atoms with E-state index in [1.54, 1.807) is 18.2 Å². The van der Waals surface area contributed by atoms with E-state index in [1.807, 2.05) is 6.07 Å². The number of carboxylic acids is 1. The Bertz CT molecular complexity index is 400. The molecule has 0 atom stereocenters. The number of halogens is 1. The van der Waals surface area contributed by atoms with Gasteiger partial charge in [0.05, 0.1) is 16.3 Å². The third kappa shape index (κ3) is 2.66. The van der Waals surface area contributed by atoms with E-state index in [0.29, 0.717) is 15.5 Å². The molecular weight excluding hydrogens is 222 g/mol. The Morgan fingerprint density at radius 1 is 1.64 bits per heavy atom. The molecule has 0 heterocycles. The van der Waals surface area contributed by atoms with Crippen molar-refractivity contribution in [1.29, 1.82) is 5.26 Å². The second-order valence-electron chi connectivity index (χ2n) is 2.41. The van der Waals surface area contributed by atoms with Gasteiger partial charge in [0.2, 0.25) is 0 Å². The van der Waals surface area contributed by atoms with E-state index in [0.717, 1.165) is 11.8 Å². The average molecular weight is 228 g/mol. The minimum atomic E-state index is -0.932. The van der Waals surface area contributed by atoms with Gasteiger partial charge in [0.25, 0.3) is 0 Å². The van der Waals surface area contributed by atoms with Crippen LogP contribution in [0.1, 0.15) is 5.56 Å². The number of aliphatic carboxylic acids is 1. The predicted molar refractivity (Wildman–Crippen MR) is 54.5 cm³/mol. The van der Waals surface area contributed by atoms with Gasteiger partial charge in [-0.2, -0.15) is 5.26 Å². The molecule has 3 nitrogen and oxygen atoms in total. The second-order valence-corrected chi connectivity index (χ2v) is 3.80. The molecule has 1 aromatic carbocycles. The molecule has 0 aromatic heterocycles. The monoisotopic (exact) mass is 227 g/mol. The third-order valence-corrected chi connectivity index (χ3v) is 2.97. The van der Waals surface area contributed by atoms with Crippen molar-refractivity contribution < 1.29 is 9.90 Å². The zero-order chi connectivity index (χ0) is 10.6. The summed E-state index contributed by atoms with van der Waals surface area (Å²) >= 11 is 6.88. The van der Waals surface area contributed by atoms with Crippen molar-refractivity contribution in [1.82, 2.24) is 0 Å². The van der Waals surface area contributed by atoms with Crippen LogP contribution in [0.4, 0.5) is 0 Å². The van der Waals surface area contributed by atoms with E-state index in [4.69, 9.17) is 22.0 Å². The standard InChI is InChI=1S/C9H6ClNO2S/c10-7-3-1-2-6(4-11)9(7)14-5-8(12)13/h1-3H,5H2,(H,12,13). The number of carbonyl (C=O) groups is 1. The molecule has 0 unspecified atom stereocenters. The van der Waals surface area contributed by atoms with Gasteiger partial charge in [0.15, 0.2) is 0 Å². The predicted octanol–water partition coefficient (Wildman–Crippen LogP) is 2.39. The normalized spacial score (nSPS) is 9.43. The SMILES string of the molecule is N#Cc1cccc(Cl)c1SCC(=O)O. The van der Waals surface area contributed by atoms with Crippen LogP contribution >= 0.6 is 23.4 Å². The lowest BCUT2D eigenvalue weighted by Crippen LogP contribution is -1.98. The van der Waals surface area contributed by atoms with Gasteiger partial charge >= 0.3 is 5.97 Å². The van der Waals surface area contributed by atoms with Crippen molar-refractivity contribution in [3.05, 3.63) is 28.8 Å². The first-order valence-electron chi connectivity index (χ1n) is 3.68. The van der Waals surface area contributed by atoms with Crippen LogP contribution in [0.5, 0.6) is 0 Å². The van der Waals surface area contributed by atoms with Gasteiger partial charge in [-0.15, -0.1) is 11.8 Å². The lowest BCUT2D eigenvalue weighted by atomic mass is 10.2. The highest BCUT2D eigenvalue weighted by Gasteiger charge is 2.08. The molecule has 1 rings (SSSR count). The van der Waals surface area contributed by atoms with Gasteiger partial charge in [0.1, 0.15) is 6.07 Å². The van der Waals surface area contributed by atoms with E-state index in [1.165, 1.54) is 0 Å². The van der Waals surface area contributed by atoms with Gasteiger partial charge in [-0.05, 0) is 12.1 Å². The highest BCUT2D eigenvalue weighted by molar-refractivity contribution is 8.00. The van der Waals surface area contributed by atoms with Crippen LogP contribution in [0.25, 0.3) is 0 Å². The Balaban J connectivity index is 2.94. The van der Waals surface area contributed by atoms with Crippen molar-refractivity contribution >= 4 is 29.3 Å². The molecule has 5 heteroatoms. The number of hydrogen-bond donors (Lipinski definition) is 1. The summed E-state index contributed by atoms with van der Waals surface area (Å²) in [4.78, 5) is 10.9. The number of nitrogens with zero attached hydrogens (tertiary/aromatic N) is 1. The van der Waals surface area contributed by atoms with Crippen molar-refractivity contribution in [3.63, 3.8) is 0 Å². The second kappa shape index (κ2) is 4.89. The van der Waals surface area contributed by atoms with Gasteiger partial charge < -0.3 is 5.11 Å². The van der Waals surface area contributed by atoms with Crippen molar-refractivity contribution in [2.75, 3.05) is 5.75 Å². The molecule has 72 valence electrons. The molecule has 0 aliphatic carbocycles. The summed E-state index contributed by atoms with van der Waals surface area (Å²) in [5, 5.41) is 17.6. The van der Waals surface area contributed by atoms with Gasteiger partial charge in [0, 0.05) is 4.90 Å². The fraction of sp³-hybridized carbons (Fsp3) is 0.111.